The van der Waals surface area contributed by atoms with E-state index in [1.165, 1.54) is 7.11 Å². The maximum absolute atomic E-state index is 11.6. The Morgan fingerprint density at radius 1 is 1.41 bits per heavy atom. The molecule has 0 fully saturated rings. The molecule has 0 amide bonds. The van der Waals surface area contributed by atoms with Crippen molar-refractivity contribution in [1.29, 1.82) is 0 Å². The predicted molar refractivity (Wildman–Crippen MR) is 67.1 cm³/mol. The minimum atomic E-state index is -0.498. The lowest BCUT2D eigenvalue weighted by Gasteiger charge is -2.16. The fraction of sp³-hybridized carbons (Fsp3) is 0.500. The molecule has 1 aromatic carbocycles. The lowest BCUT2D eigenvalue weighted by Crippen LogP contribution is -2.28. The van der Waals surface area contributed by atoms with Crippen LogP contribution in [-0.4, -0.2) is 19.2 Å². The molecule has 0 aliphatic carbocycles. The van der Waals surface area contributed by atoms with Crippen molar-refractivity contribution in [2.75, 3.05) is 7.11 Å². The Morgan fingerprint density at radius 3 is 2.76 bits per heavy atom. The van der Waals surface area contributed by atoms with Gasteiger partial charge in [0, 0.05) is 0 Å². The van der Waals surface area contributed by atoms with Crippen LogP contribution in [0.25, 0.3) is 0 Å². The predicted octanol–water partition coefficient (Wildman–Crippen LogP) is 3.11. The fourth-order valence-electron chi connectivity index (χ4n) is 1.60. The zero-order valence-corrected chi connectivity index (χ0v) is 10.7. The van der Waals surface area contributed by atoms with Crippen LogP contribution in [0.4, 0.5) is 0 Å². The van der Waals surface area contributed by atoms with Gasteiger partial charge in [0.25, 0.3) is 0 Å². The molecule has 0 heterocycles. The van der Waals surface area contributed by atoms with Gasteiger partial charge in [-0.3, -0.25) is 0 Å². The largest absolute Gasteiger partial charge is 0.479 e. The van der Waals surface area contributed by atoms with Gasteiger partial charge in [0.2, 0.25) is 0 Å². The highest BCUT2D eigenvalue weighted by atomic mass is 16.6. The van der Waals surface area contributed by atoms with Gasteiger partial charge in [-0.15, -0.1) is 0 Å². The minimum Gasteiger partial charge on any atom is -0.479 e. The Bertz CT molecular complexity index is 360. The van der Waals surface area contributed by atoms with E-state index in [0.717, 1.165) is 24.2 Å². The first-order valence-corrected chi connectivity index (χ1v) is 5.98. The summed E-state index contributed by atoms with van der Waals surface area (Å²) in [5.74, 6) is 0.413. The Kier molecular flexibility index (Phi) is 5.53. The van der Waals surface area contributed by atoms with Gasteiger partial charge >= 0.3 is 5.97 Å². The van der Waals surface area contributed by atoms with Gasteiger partial charge in [0.15, 0.2) is 6.10 Å². The average molecular weight is 236 g/mol. The third-order valence-electron chi connectivity index (χ3n) is 2.55. The Hall–Kier alpha value is -1.51. The topological polar surface area (TPSA) is 35.5 Å². The van der Waals surface area contributed by atoms with E-state index in [4.69, 9.17) is 9.47 Å². The number of esters is 1. The maximum atomic E-state index is 11.6. The number of aryl methyl sites for hydroxylation is 1. The Labute approximate surface area is 103 Å². The molecule has 0 aliphatic heterocycles. The molecule has 3 nitrogen and oxygen atoms in total. The minimum absolute atomic E-state index is 0.306. The van der Waals surface area contributed by atoms with Crippen LogP contribution < -0.4 is 4.74 Å². The van der Waals surface area contributed by atoms with E-state index < -0.39 is 6.10 Å². The third kappa shape index (κ3) is 4.47. The highest BCUT2D eigenvalue weighted by Crippen LogP contribution is 2.17. The number of carbonyl (C=O) groups is 1. The van der Waals surface area contributed by atoms with E-state index in [0.29, 0.717) is 6.42 Å². The van der Waals surface area contributed by atoms with Gasteiger partial charge in [0.05, 0.1) is 7.11 Å². The highest BCUT2D eigenvalue weighted by Gasteiger charge is 2.20. The van der Waals surface area contributed by atoms with Crippen LogP contribution in [0.5, 0.6) is 5.75 Å². The summed E-state index contributed by atoms with van der Waals surface area (Å²) in [6, 6.07) is 7.68. The van der Waals surface area contributed by atoms with Gasteiger partial charge in [-0.25, -0.2) is 4.79 Å². The summed E-state index contributed by atoms with van der Waals surface area (Å²) in [5.41, 5.74) is 1.11. The summed E-state index contributed by atoms with van der Waals surface area (Å²) < 4.78 is 10.4. The van der Waals surface area contributed by atoms with E-state index >= 15 is 0 Å². The Morgan fingerprint density at radius 2 is 2.18 bits per heavy atom. The number of unbranched alkanes of at least 4 members (excludes halogenated alkanes) is 1. The molecule has 0 aliphatic rings. The van der Waals surface area contributed by atoms with Crippen molar-refractivity contribution in [3.05, 3.63) is 29.8 Å². The van der Waals surface area contributed by atoms with Crippen molar-refractivity contribution in [2.24, 2.45) is 0 Å². The van der Waals surface area contributed by atoms with Crippen LogP contribution >= 0.6 is 0 Å². The number of hydrogen-bond acceptors (Lipinski definition) is 3. The second kappa shape index (κ2) is 6.94. The summed E-state index contributed by atoms with van der Waals surface area (Å²) in [7, 11) is 1.39. The summed E-state index contributed by atoms with van der Waals surface area (Å²) in [6.07, 6.45) is 2.18. The molecule has 94 valence electrons. The number of methoxy groups -OCH3 is 1. The number of ether oxygens (including phenoxy) is 2. The van der Waals surface area contributed by atoms with Crippen molar-refractivity contribution in [3.63, 3.8) is 0 Å². The quantitative estimate of drug-likeness (QED) is 0.712. The normalized spacial score (nSPS) is 11.9. The van der Waals surface area contributed by atoms with Gasteiger partial charge in [-0.2, -0.15) is 0 Å². The monoisotopic (exact) mass is 236 g/mol. The molecule has 1 rings (SSSR count). The Balaban J connectivity index is 2.68. The molecule has 0 saturated carbocycles. The molecule has 0 spiro atoms. The van der Waals surface area contributed by atoms with Crippen molar-refractivity contribution < 1.29 is 14.3 Å². The van der Waals surface area contributed by atoms with Gasteiger partial charge in [-0.1, -0.05) is 25.5 Å². The molecular weight excluding hydrogens is 216 g/mol. The maximum Gasteiger partial charge on any atom is 0.347 e. The van der Waals surface area contributed by atoms with Crippen LogP contribution in [0.15, 0.2) is 24.3 Å². The second-order valence-corrected chi connectivity index (χ2v) is 4.09. The van der Waals surface area contributed by atoms with E-state index in [2.05, 4.69) is 6.92 Å². The smallest absolute Gasteiger partial charge is 0.347 e. The summed E-state index contributed by atoms with van der Waals surface area (Å²) in [6.45, 7) is 4.08. The SMILES string of the molecule is CCCCC(Oc1cccc(C)c1)C(=O)OC. The zero-order chi connectivity index (χ0) is 12.7. The fourth-order valence-corrected chi connectivity index (χ4v) is 1.60. The van der Waals surface area contributed by atoms with Gasteiger partial charge in [0.1, 0.15) is 5.75 Å². The number of carbonyl (C=O) groups excluding carboxylic acids is 1. The molecular formula is C14H20O3. The van der Waals surface area contributed by atoms with Crippen LogP contribution in [0.1, 0.15) is 31.7 Å². The van der Waals surface area contributed by atoms with Gasteiger partial charge < -0.3 is 9.47 Å². The first kappa shape index (κ1) is 13.6. The molecule has 0 bridgehead atoms. The number of benzene rings is 1. The first-order valence-electron chi connectivity index (χ1n) is 5.98. The van der Waals surface area contributed by atoms with Crippen LogP contribution in [-0.2, 0) is 9.53 Å². The van der Waals surface area contributed by atoms with E-state index in [9.17, 15) is 4.79 Å². The van der Waals surface area contributed by atoms with Crippen molar-refractivity contribution in [2.45, 2.75) is 39.2 Å². The van der Waals surface area contributed by atoms with E-state index in [1.807, 2.05) is 31.2 Å². The number of hydrogen-bond donors (Lipinski definition) is 0. The van der Waals surface area contributed by atoms with E-state index in [1.54, 1.807) is 0 Å². The third-order valence-corrected chi connectivity index (χ3v) is 2.55. The summed E-state index contributed by atoms with van der Waals surface area (Å²) in [4.78, 5) is 11.6. The molecule has 1 atom stereocenters. The average Bonchev–Trinajstić information content (AvgIpc) is 2.33. The lowest BCUT2D eigenvalue weighted by molar-refractivity contribution is -0.149. The first-order chi connectivity index (χ1) is 8.17. The molecule has 0 aromatic heterocycles. The molecule has 1 aromatic rings. The van der Waals surface area contributed by atoms with Crippen LogP contribution in [0.3, 0.4) is 0 Å². The summed E-state index contributed by atoms with van der Waals surface area (Å²) >= 11 is 0. The van der Waals surface area contributed by atoms with Gasteiger partial charge in [-0.05, 0) is 37.5 Å². The summed E-state index contributed by atoms with van der Waals surface area (Å²) in [5, 5.41) is 0. The standard InChI is InChI=1S/C14H20O3/c1-4-5-9-13(14(15)16-3)17-12-8-6-7-11(2)10-12/h6-8,10,13H,4-5,9H2,1-3H3. The zero-order valence-electron chi connectivity index (χ0n) is 10.7. The molecule has 0 saturated heterocycles. The van der Waals surface area contributed by atoms with Crippen LogP contribution in [0, 0.1) is 6.92 Å². The molecule has 3 heteroatoms. The molecule has 17 heavy (non-hydrogen) atoms. The molecule has 1 unspecified atom stereocenters. The van der Waals surface area contributed by atoms with E-state index in [-0.39, 0.29) is 5.97 Å². The van der Waals surface area contributed by atoms with Crippen molar-refractivity contribution in [3.8, 4) is 5.75 Å². The second-order valence-electron chi connectivity index (χ2n) is 4.09. The number of rotatable bonds is 6. The van der Waals surface area contributed by atoms with Crippen molar-refractivity contribution >= 4 is 5.97 Å². The lowest BCUT2D eigenvalue weighted by atomic mass is 10.1. The molecule has 0 radical (unpaired) electrons. The van der Waals surface area contributed by atoms with Crippen LogP contribution in [0.2, 0.25) is 0 Å². The molecule has 0 N–H and O–H groups in total. The highest BCUT2D eigenvalue weighted by molar-refractivity contribution is 5.74. The van der Waals surface area contributed by atoms with Crippen molar-refractivity contribution in [1.82, 2.24) is 0 Å².